The van der Waals surface area contributed by atoms with Crippen LogP contribution in [-0.2, 0) is 13.7 Å². The van der Waals surface area contributed by atoms with Crippen LogP contribution in [-0.4, -0.2) is 42.0 Å². The van der Waals surface area contributed by atoms with Crippen molar-refractivity contribution in [2.45, 2.75) is 38.4 Å². The molecule has 0 fully saturated rings. The van der Waals surface area contributed by atoms with E-state index in [4.69, 9.17) is 19.4 Å². The average Bonchev–Trinajstić information content (AvgIpc) is 2.31. The molecule has 0 aromatic heterocycles. The molecule has 0 spiro atoms. The molecular formula is C10H26N2O3Si. The highest BCUT2D eigenvalue weighted by Gasteiger charge is 2.28. The van der Waals surface area contributed by atoms with Crippen LogP contribution in [0.25, 0.3) is 0 Å². The first-order valence-electron chi connectivity index (χ1n) is 5.78. The summed E-state index contributed by atoms with van der Waals surface area (Å²) in [6.45, 7) is 5.46. The van der Waals surface area contributed by atoms with Gasteiger partial charge in [-0.2, -0.15) is 0 Å². The molecule has 0 rings (SSSR count). The smallest absolute Gasteiger partial charge is 0.334 e. The topological polar surface area (TPSA) is 65.7 Å². The standard InChI is InChI=1S/C10H26N2O3Si/c1-5-15-12-8-6-10(11)7-9-16(4,13-2)14-3/h10,12H,5-9,11H2,1-4H3. The van der Waals surface area contributed by atoms with Gasteiger partial charge in [-0.15, -0.1) is 0 Å². The van der Waals surface area contributed by atoms with Crippen LogP contribution >= 0.6 is 0 Å². The molecule has 0 bridgehead atoms. The number of hydrogen-bond donors (Lipinski definition) is 2. The van der Waals surface area contributed by atoms with Gasteiger partial charge in [-0.3, -0.25) is 0 Å². The lowest BCUT2D eigenvalue weighted by molar-refractivity contribution is 0.0493. The van der Waals surface area contributed by atoms with Gasteiger partial charge in [-0.25, -0.2) is 5.48 Å². The molecule has 3 N–H and O–H groups in total. The first-order valence-corrected chi connectivity index (χ1v) is 8.31. The van der Waals surface area contributed by atoms with Gasteiger partial charge < -0.3 is 19.4 Å². The summed E-state index contributed by atoms with van der Waals surface area (Å²) in [5, 5.41) is 0. The lowest BCUT2D eigenvalue weighted by Gasteiger charge is -2.24. The Morgan fingerprint density at radius 2 is 1.88 bits per heavy atom. The van der Waals surface area contributed by atoms with Crippen LogP contribution in [0.5, 0.6) is 0 Å². The largest absolute Gasteiger partial charge is 0.398 e. The molecule has 0 heterocycles. The molecular weight excluding hydrogens is 224 g/mol. The zero-order valence-corrected chi connectivity index (χ0v) is 11.9. The number of rotatable bonds is 10. The molecule has 0 aliphatic rings. The van der Waals surface area contributed by atoms with E-state index < -0.39 is 8.56 Å². The fraction of sp³-hybridized carbons (Fsp3) is 1.00. The van der Waals surface area contributed by atoms with Crippen LogP contribution < -0.4 is 11.2 Å². The van der Waals surface area contributed by atoms with Crippen molar-refractivity contribution in [3.05, 3.63) is 0 Å². The summed E-state index contributed by atoms with van der Waals surface area (Å²) in [6, 6.07) is 1.10. The number of nitrogens with one attached hydrogen (secondary N) is 1. The second-order valence-corrected chi connectivity index (χ2v) is 7.54. The Morgan fingerprint density at radius 1 is 1.25 bits per heavy atom. The number of hydroxylamine groups is 1. The van der Waals surface area contributed by atoms with Crippen LogP contribution in [0.15, 0.2) is 0 Å². The van der Waals surface area contributed by atoms with Gasteiger partial charge in [-0.1, -0.05) is 0 Å². The first kappa shape index (κ1) is 16.0. The molecule has 0 aromatic carbocycles. The summed E-state index contributed by atoms with van der Waals surface area (Å²) in [4.78, 5) is 5.03. The summed E-state index contributed by atoms with van der Waals surface area (Å²) < 4.78 is 10.8. The van der Waals surface area contributed by atoms with Crippen LogP contribution in [0, 0.1) is 0 Å². The SMILES string of the molecule is CCONCCC(N)CC[Si](C)(OC)OC. The zero-order valence-electron chi connectivity index (χ0n) is 10.9. The van der Waals surface area contributed by atoms with Crippen molar-refractivity contribution in [3.63, 3.8) is 0 Å². The van der Waals surface area contributed by atoms with Crippen molar-refractivity contribution >= 4 is 8.56 Å². The molecule has 0 saturated carbocycles. The van der Waals surface area contributed by atoms with Crippen molar-refractivity contribution in [2.24, 2.45) is 5.73 Å². The average molecular weight is 250 g/mol. The maximum Gasteiger partial charge on any atom is 0.334 e. The van der Waals surface area contributed by atoms with E-state index in [1.807, 2.05) is 6.92 Å². The molecule has 0 aromatic rings. The van der Waals surface area contributed by atoms with E-state index in [1.54, 1.807) is 14.2 Å². The van der Waals surface area contributed by atoms with Crippen LogP contribution in [0.2, 0.25) is 12.6 Å². The third-order valence-electron chi connectivity index (χ3n) is 2.70. The van der Waals surface area contributed by atoms with Gasteiger partial charge in [0.25, 0.3) is 0 Å². The fourth-order valence-corrected chi connectivity index (χ4v) is 2.77. The Hall–Kier alpha value is 0.0169. The summed E-state index contributed by atoms with van der Waals surface area (Å²) in [5.41, 5.74) is 8.85. The summed E-state index contributed by atoms with van der Waals surface area (Å²) in [7, 11) is 1.47. The Morgan fingerprint density at radius 3 is 2.38 bits per heavy atom. The normalized spacial score (nSPS) is 14.1. The van der Waals surface area contributed by atoms with Gasteiger partial charge >= 0.3 is 8.56 Å². The minimum Gasteiger partial charge on any atom is -0.398 e. The van der Waals surface area contributed by atoms with Crippen molar-refractivity contribution in [1.29, 1.82) is 0 Å². The zero-order chi connectivity index (χ0) is 12.4. The lowest BCUT2D eigenvalue weighted by Crippen LogP contribution is -2.38. The Kier molecular flexibility index (Phi) is 9.10. The van der Waals surface area contributed by atoms with Gasteiger partial charge in [-0.05, 0) is 32.4 Å². The van der Waals surface area contributed by atoms with E-state index in [1.165, 1.54) is 0 Å². The Labute approximate surface area is 99.8 Å². The van der Waals surface area contributed by atoms with Gasteiger partial charge in [0, 0.05) is 26.8 Å². The highest BCUT2D eigenvalue weighted by atomic mass is 28.4. The first-order chi connectivity index (χ1) is 7.58. The molecule has 0 saturated heterocycles. The second kappa shape index (κ2) is 9.09. The highest BCUT2D eigenvalue weighted by molar-refractivity contribution is 6.65. The predicted octanol–water partition coefficient (Wildman–Crippen LogP) is 1.000. The van der Waals surface area contributed by atoms with E-state index in [2.05, 4.69) is 12.0 Å². The van der Waals surface area contributed by atoms with Crippen molar-refractivity contribution in [3.8, 4) is 0 Å². The molecule has 0 amide bonds. The van der Waals surface area contributed by atoms with Gasteiger partial charge in [0.15, 0.2) is 0 Å². The van der Waals surface area contributed by atoms with Crippen molar-refractivity contribution in [1.82, 2.24) is 5.48 Å². The van der Waals surface area contributed by atoms with E-state index in [9.17, 15) is 0 Å². The number of hydrogen-bond acceptors (Lipinski definition) is 5. The Balaban J connectivity index is 3.59. The minimum absolute atomic E-state index is 0.171. The third kappa shape index (κ3) is 7.32. The Bertz CT molecular complexity index is 168. The quantitative estimate of drug-likeness (QED) is 0.344. The lowest BCUT2D eigenvalue weighted by atomic mass is 10.2. The fourth-order valence-electron chi connectivity index (χ4n) is 1.30. The van der Waals surface area contributed by atoms with Crippen molar-refractivity contribution < 1.29 is 13.7 Å². The third-order valence-corrected chi connectivity index (χ3v) is 5.62. The van der Waals surface area contributed by atoms with E-state index in [-0.39, 0.29) is 6.04 Å². The molecule has 1 atom stereocenters. The second-order valence-electron chi connectivity index (χ2n) is 3.96. The van der Waals surface area contributed by atoms with Gasteiger partial charge in [0.2, 0.25) is 0 Å². The maximum absolute atomic E-state index is 5.99. The van der Waals surface area contributed by atoms with Crippen LogP contribution in [0.3, 0.4) is 0 Å². The minimum atomic E-state index is -1.95. The number of nitrogens with two attached hydrogens (primary N) is 1. The molecule has 16 heavy (non-hydrogen) atoms. The molecule has 0 aliphatic heterocycles. The van der Waals surface area contributed by atoms with Crippen LogP contribution in [0.4, 0.5) is 0 Å². The maximum atomic E-state index is 5.99. The molecule has 1 unspecified atom stereocenters. The molecule has 0 radical (unpaired) electrons. The predicted molar refractivity (Wildman–Crippen MR) is 67.3 cm³/mol. The van der Waals surface area contributed by atoms with Gasteiger partial charge in [0.1, 0.15) is 0 Å². The highest BCUT2D eigenvalue weighted by Crippen LogP contribution is 2.15. The molecule has 98 valence electrons. The van der Waals surface area contributed by atoms with Crippen LogP contribution in [0.1, 0.15) is 19.8 Å². The summed E-state index contributed by atoms with van der Waals surface area (Å²) >= 11 is 0. The van der Waals surface area contributed by atoms with E-state index in [0.29, 0.717) is 6.61 Å². The molecule has 6 heteroatoms. The molecule has 5 nitrogen and oxygen atoms in total. The van der Waals surface area contributed by atoms with Crippen molar-refractivity contribution in [2.75, 3.05) is 27.4 Å². The monoisotopic (exact) mass is 250 g/mol. The van der Waals surface area contributed by atoms with Gasteiger partial charge in [0.05, 0.1) is 6.61 Å². The summed E-state index contributed by atoms with van der Waals surface area (Å²) in [6.07, 6.45) is 1.83. The van der Waals surface area contributed by atoms with E-state index >= 15 is 0 Å². The van der Waals surface area contributed by atoms with E-state index in [0.717, 1.165) is 25.4 Å². The molecule has 0 aliphatic carbocycles. The summed E-state index contributed by atoms with van der Waals surface area (Å²) in [5.74, 6) is 0.